The molecule has 35 heavy (non-hydrogen) atoms. The van der Waals surface area contributed by atoms with Crippen molar-refractivity contribution in [3.63, 3.8) is 0 Å². The van der Waals surface area contributed by atoms with Crippen LogP contribution in [0.15, 0.2) is 10.6 Å². The molecule has 2 saturated heterocycles. The minimum Gasteiger partial charge on any atom is -0.427 e. The summed E-state index contributed by atoms with van der Waals surface area (Å²) in [5.74, 6) is -2.46. The largest absolute Gasteiger partial charge is 0.427 e. The smallest absolute Gasteiger partial charge is 0.358 e. The first-order valence-electron chi connectivity index (χ1n) is 11.9. The quantitative estimate of drug-likeness (QED) is 0.261. The normalized spacial score (nSPS) is 29.8. The second-order valence-electron chi connectivity index (χ2n) is 10.2. The molecule has 1 saturated carbocycles. The third kappa shape index (κ3) is 4.85. The lowest BCUT2D eigenvalue weighted by Crippen LogP contribution is -2.63. The molecule has 0 bridgehead atoms. The Morgan fingerprint density at radius 2 is 1.86 bits per heavy atom. The summed E-state index contributed by atoms with van der Waals surface area (Å²) in [7, 11) is -3.78. The highest BCUT2D eigenvalue weighted by Crippen LogP contribution is 2.52. The molecule has 1 aliphatic carbocycles. The molecule has 196 valence electrons. The van der Waals surface area contributed by atoms with E-state index in [2.05, 4.69) is 0 Å². The average Bonchev–Trinajstić information content (AvgIpc) is 2.97. The average molecular weight is 532 g/mol. The Bertz CT molecular complexity index is 1030. The first-order valence-corrected chi connectivity index (χ1v) is 14.3. The van der Waals surface area contributed by atoms with Gasteiger partial charge in [-0.05, 0) is 26.7 Å². The van der Waals surface area contributed by atoms with Gasteiger partial charge < -0.3 is 19.5 Å². The van der Waals surface area contributed by atoms with Gasteiger partial charge in [-0.25, -0.2) is 9.93 Å². The van der Waals surface area contributed by atoms with E-state index in [4.69, 9.17) is 14.6 Å². The fourth-order valence-corrected chi connectivity index (χ4v) is 7.93. The van der Waals surface area contributed by atoms with Crippen LogP contribution in [-0.4, -0.2) is 77.9 Å². The minimum absolute atomic E-state index is 0.0726. The molecule has 3 aliphatic heterocycles. The van der Waals surface area contributed by atoms with E-state index in [-0.39, 0.29) is 35.9 Å². The molecule has 3 heterocycles. The number of esters is 2. The summed E-state index contributed by atoms with van der Waals surface area (Å²) in [4.78, 5) is 40.4. The zero-order chi connectivity index (χ0) is 25.7. The maximum absolute atomic E-state index is 13.1. The maximum Gasteiger partial charge on any atom is 0.358 e. The number of aliphatic hydroxyl groups is 1. The van der Waals surface area contributed by atoms with E-state index >= 15 is 0 Å². The summed E-state index contributed by atoms with van der Waals surface area (Å²) in [6.07, 6.45) is 3.55. The molecule has 0 aromatic heterocycles. The van der Waals surface area contributed by atoms with Crippen molar-refractivity contribution in [3.05, 3.63) is 10.6 Å². The van der Waals surface area contributed by atoms with E-state index in [1.165, 1.54) is 23.6 Å². The van der Waals surface area contributed by atoms with Crippen LogP contribution >= 0.6 is 11.8 Å². The van der Waals surface area contributed by atoms with E-state index in [1.807, 2.05) is 13.8 Å². The molecule has 4 atom stereocenters. The monoisotopic (exact) mass is 531 g/mol. The van der Waals surface area contributed by atoms with Crippen LogP contribution < -0.4 is 5.14 Å². The van der Waals surface area contributed by atoms with Crippen molar-refractivity contribution < 1.29 is 37.4 Å². The number of hydrogen-bond donors (Lipinski definition) is 2. The van der Waals surface area contributed by atoms with Crippen LogP contribution in [0.2, 0.25) is 0 Å². The molecule has 11 nitrogen and oxygen atoms in total. The number of hydrogen-bond acceptors (Lipinski definition) is 9. The van der Waals surface area contributed by atoms with Crippen molar-refractivity contribution in [1.29, 1.82) is 0 Å². The first-order chi connectivity index (χ1) is 16.3. The van der Waals surface area contributed by atoms with E-state index in [9.17, 15) is 27.9 Å². The standard InChI is InChI=1S/C22H33N3O8S2/c1-12-16-15(13(2)26)19(27)25(16)17(18(12)34-14-9-24(10-14)35(23,30)31)20(28)32-11-33-21(29)22(3)7-5-4-6-8-22/h12-16,26H,4-11H2,1-3H3,(H2,23,30,31)/t12-,13-,15-,16-/m1/s1. The van der Waals surface area contributed by atoms with Crippen LogP contribution in [0.25, 0.3) is 0 Å². The lowest BCUT2D eigenvalue weighted by atomic mass is 9.76. The number of carbonyl (C=O) groups excluding carboxylic acids is 3. The Morgan fingerprint density at radius 1 is 1.23 bits per heavy atom. The molecule has 0 aromatic carbocycles. The Balaban J connectivity index is 1.45. The van der Waals surface area contributed by atoms with Gasteiger partial charge in [0, 0.05) is 29.2 Å². The van der Waals surface area contributed by atoms with Gasteiger partial charge >= 0.3 is 11.9 Å². The Hall–Kier alpha value is -1.67. The molecule has 4 rings (SSSR count). The molecule has 4 aliphatic rings. The molecule has 13 heteroatoms. The SMILES string of the molecule is C[C@@H](O)[C@H]1C(=O)N2C(C(=O)OCOC(=O)C3(C)CCCCC3)=C(SC3CN(S(N)(=O)=O)C3)[C@H](C)[C@H]12. The predicted molar refractivity (Wildman–Crippen MR) is 126 cm³/mol. The summed E-state index contributed by atoms with van der Waals surface area (Å²) in [5, 5.41) is 15.1. The number of carbonyl (C=O) groups is 3. The highest BCUT2D eigenvalue weighted by atomic mass is 32.2. The summed E-state index contributed by atoms with van der Waals surface area (Å²) < 4.78 is 34.7. The van der Waals surface area contributed by atoms with Gasteiger partial charge in [-0.15, -0.1) is 11.8 Å². The third-order valence-electron chi connectivity index (χ3n) is 7.60. The minimum atomic E-state index is -3.78. The summed E-state index contributed by atoms with van der Waals surface area (Å²) >= 11 is 1.32. The molecule has 1 amide bonds. The topological polar surface area (TPSA) is 157 Å². The fraction of sp³-hybridized carbons (Fsp3) is 0.773. The van der Waals surface area contributed by atoms with E-state index in [0.717, 1.165) is 36.4 Å². The second kappa shape index (κ2) is 9.66. The van der Waals surface area contributed by atoms with E-state index < -0.39 is 52.4 Å². The Kier molecular flexibility index (Phi) is 7.28. The highest BCUT2D eigenvalue weighted by molar-refractivity contribution is 8.04. The predicted octanol–water partition coefficient (Wildman–Crippen LogP) is 0.691. The van der Waals surface area contributed by atoms with Crippen LogP contribution in [0.3, 0.4) is 0 Å². The zero-order valence-electron chi connectivity index (χ0n) is 20.1. The lowest BCUT2D eigenvalue weighted by molar-refractivity contribution is -0.177. The molecular weight excluding hydrogens is 498 g/mol. The van der Waals surface area contributed by atoms with Crippen LogP contribution in [0, 0.1) is 17.3 Å². The highest BCUT2D eigenvalue weighted by Gasteiger charge is 2.60. The zero-order valence-corrected chi connectivity index (χ0v) is 21.8. The van der Waals surface area contributed by atoms with E-state index in [0.29, 0.717) is 4.91 Å². The van der Waals surface area contributed by atoms with Crippen molar-refractivity contribution >= 4 is 39.8 Å². The number of nitrogens with two attached hydrogens (primary N) is 1. The third-order valence-corrected chi connectivity index (χ3v) is 10.1. The van der Waals surface area contributed by atoms with Gasteiger partial charge in [-0.1, -0.05) is 26.2 Å². The molecule has 3 fully saturated rings. The molecule has 0 aromatic rings. The van der Waals surface area contributed by atoms with Gasteiger partial charge in [-0.3, -0.25) is 9.59 Å². The molecule has 0 unspecified atom stereocenters. The fourth-order valence-electron chi connectivity index (χ4n) is 5.45. The van der Waals surface area contributed by atoms with Crippen molar-refractivity contribution in [1.82, 2.24) is 9.21 Å². The molecule has 0 radical (unpaired) electrons. The second-order valence-corrected chi connectivity index (χ2v) is 13.1. The summed E-state index contributed by atoms with van der Waals surface area (Å²) in [6.45, 7) is 5.08. The van der Waals surface area contributed by atoms with Gasteiger partial charge in [0.25, 0.3) is 10.2 Å². The number of amides is 1. The van der Waals surface area contributed by atoms with Crippen LogP contribution in [0.1, 0.15) is 52.9 Å². The van der Waals surface area contributed by atoms with Crippen LogP contribution in [-0.2, 0) is 34.1 Å². The maximum atomic E-state index is 13.1. The van der Waals surface area contributed by atoms with Crippen molar-refractivity contribution in [2.45, 2.75) is 70.3 Å². The van der Waals surface area contributed by atoms with Gasteiger partial charge in [-0.2, -0.15) is 12.7 Å². The van der Waals surface area contributed by atoms with E-state index in [1.54, 1.807) is 0 Å². The molecule has 3 N–H and O–H groups in total. The lowest BCUT2D eigenvalue weighted by Gasteiger charge is -2.46. The number of nitrogens with zero attached hydrogens (tertiary/aromatic N) is 2. The Labute approximate surface area is 209 Å². The number of fused-ring (bicyclic) bond motifs is 1. The van der Waals surface area contributed by atoms with Gasteiger partial charge in [0.15, 0.2) is 0 Å². The summed E-state index contributed by atoms with van der Waals surface area (Å²) in [5.41, 5.74) is -0.515. The van der Waals surface area contributed by atoms with Crippen LogP contribution in [0.5, 0.6) is 0 Å². The first kappa shape index (κ1) is 26.4. The number of thioether (sulfide) groups is 1. The van der Waals surface area contributed by atoms with Crippen molar-refractivity contribution in [2.75, 3.05) is 19.9 Å². The van der Waals surface area contributed by atoms with Gasteiger partial charge in [0.05, 0.1) is 23.5 Å². The Morgan fingerprint density at radius 3 is 2.43 bits per heavy atom. The number of aliphatic hydroxyl groups excluding tert-OH is 1. The van der Waals surface area contributed by atoms with Crippen LogP contribution in [0.4, 0.5) is 0 Å². The van der Waals surface area contributed by atoms with Gasteiger partial charge in [0.1, 0.15) is 5.70 Å². The summed E-state index contributed by atoms with van der Waals surface area (Å²) in [6, 6.07) is -0.398. The molecule has 0 spiro atoms. The van der Waals surface area contributed by atoms with Crippen molar-refractivity contribution in [2.24, 2.45) is 22.4 Å². The van der Waals surface area contributed by atoms with Crippen molar-refractivity contribution in [3.8, 4) is 0 Å². The number of rotatable bonds is 8. The number of β-lactam (4-membered cyclic amide) rings is 1. The number of ether oxygens (including phenoxy) is 2. The molecular formula is C22H33N3O8S2. The van der Waals surface area contributed by atoms with Gasteiger partial charge in [0.2, 0.25) is 12.7 Å².